The Morgan fingerprint density at radius 3 is 2.88 bits per heavy atom. The number of aliphatic carboxylic acids is 1. The number of rotatable bonds is 3. The first-order valence-corrected chi connectivity index (χ1v) is 4.82. The van der Waals surface area contributed by atoms with Gasteiger partial charge in [-0.05, 0) is 6.07 Å². The van der Waals surface area contributed by atoms with Gasteiger partial charge >= 0.3 is 5.97 Å². The third kappa shape index (κ3) is 2.06. The van der Waals surface area contributed by atoms with Crippen LogP contribution in [0.1, 0.15) is 10.4 Å². The zero-order valence-electron chi connectivity index (χ0n) is 8.38. The fourth-order valence-electron chi connectivity index (χ4n) is 1.59. The van der Waals surface area contributed by atoms with E-state index in [0.717, 1.165) is 0 Å². The summed E-state index contributed by atoms with van der Waals surface area (Å²) < 4.78 is 9.80. The Bertz CT molecular complexity index is 386. The van der Waals surface area contributed by atoms with Crippen molar-refractivity contribution in [3.05, 3.63) is 24.2 Å². The maximum Gasteiger partial charge on any atom is 0.311 e. The third-order valence-electron chi connectivity index (χ3n) is 2.50. The molecule has 1 aliphatic heterocycles. The molecular formula is C10H11NO5. The van der Waals surface area contributed by atoms with E-state index >= 15 is 0 Å². The summed E-state index contributed by atoms with van der Waals surface area (Å²) in [5.41, 5.74) is 0.371. The number of carbonyl (C=O) groups is 2. The molecule has 0 spiro atoms. The molecule has 16 heavy (non-hydrogen) atoms. The van der Waals surface area contributed by atoms with Crippen LogP contribution >= 0.6 is 0 Å². The number of furan rings is 1. The van der Waals surface area contributed by atoms with Crippen LogP contribution in [0.3, 0.4) is 0 Å². The molecule has 1 amide bonds. The van der Waals surface area contributed by atoms with E-state index in [2.05, 4.69) is 5.32 Å². The van der Waals surface area contributed by atoms with Crippen LogP contribution in [-0.4, -0.2) is 36.2 Å². The maximum absolute atomic E-state index is 11.6. The second-order valence-corrected chi connectivity index (χ2v) is 3.57. The molecule has 1 fully saturated rings. The second-order valence-electron chi connectivity index (χ2n) is 3.57. The number of nitrogens with one attached hydrogen (secondary N) is 1. The first kappa shape index (κ1) is 10.7. The lowest BCUT2D eigenvalue weighted by Gasteiger charge is -2.14. The summed E-state index contributed by atoms with van der Waals surface area (Å²) in [5, 5.41) is 11.5. The third-order valence-corrected chi connectivity index (χ3v) is 2.50. The van der Waals surface area contributed by atoms with Gasteiger partial charge in [-0.3, -0.25) is 9.59 Å². The van der Waals surface area contributed by atoms with Crippen molar-refractivity contribution in [1.82, 2.24) is 5.32 Å². The predicted molar refractivity (Wildman–Crippen MR) is 51.9 cm³/mol. The molecule has 1 aliphatic rings. The number of hydrogen-bond acceptors (Lipinski definition) is 4. The highest BCUT2D eigenvalue weighted by Crippen LogP contribution is 2.14. The number of carboxylic acid groups (broad SMARTS) is 1. The Morgan fingerprint density at radius 1 is 1.44 bits per heavy atom. The van der Waals surface area contributed by atoms with Gasteiger partial charge < -0.3 is 19.6 Å². The van der Waals surface area contributed by atoms with Crippen molar-refractivity contribution < 1.29 is 23.8 Å². The standard InChI is InChI=1S/C10H11NO5/c12-9(6-1-2-15-3-6)11-8-5-16-4-7(8)10(13)14/h1-3,7-8H,4-5H2,(H,11,12)(H,13,14). The van der Waals surface area contributed by atoms with Gasteiger partial charge in [0.25, 0.3) is 5.91 Å². The lowest BCUT2D eigenvalue weighted by atomic mass is 10.0. The molecule has 2 rings (SSSR count). The summed E-state index contributed by atoms with van der Waals surface area (Å²) in [6.45, 7) is 0.353. The number of carbonyl (C=O) groups excluding carboxylic acids is 1. The molecule has 2 atom stereocenters. The highest BCUT2D eigenvalue weighted by Gasteiger charge is 2.35. The summed E-state index contributed by atoms with van der Waals surface area (Å²) in [6.07, 6.45) is 2.69. The predicted octanol–water partition coefficient (Wildman–Crippen LogP) is 0.109. The van der Waals surface area contributed by atoms with Gasteiger partial charge in [-0.15, -0.1) is 0 Å². The molecule has 0 radical (unpaired) electrons. The SMILES string of the molecule is O=C(NC1COCC1C(=O)O)c1ccoc1. The van der Waals surface area contributed by atoms with Crippen molar-refractivity contribution in [3.63, 3.8) is 0 Å². The van der Waals surface area contributed by atoms with Crippen LogP contribution < -0.4 is 5.32 Å². The van der Waals surface area contributed by atoms with Crippen molar-refractivity contribution in [2.24, 2.45) is 5.92 Å². The average Bonchev–Trinajstić information content (AvgIpc) is 2.86. The molecule has 6 heteroatoms. The quantitative estimate of drug-likeness (QED) is 0.762. The van der Waals surface area contributed by atoms with Gasteiger partial charge in [0.15, 0.2) is 0 Å². The molecule has 0 aliphatic carbocycles. The van der Waals surface area contributed by atoms with Gasteiger partial charge in [0.1, 0.15) is 12.2 Å². The normalized spacial score (nSPS) is 24.2. The summed E-state index contributed by atoms with van der Waals surface area (Å²) in [5.74, 6) is -2.00. The monoisotopic (exact) mass is 225 g/mol. The van der Waals surface area contributed by atoms with E-state index in [9.17, 15) is 9.59 Å². The van der Waals surface area contributed by atoms with E-state index in [1.807, 2.05) is 0 Å². The van der Waals surface area contributed by atoms with E-state index in [-0.39, 0.29) is 19.1 Å². The van der Waals surface area contributed by atoms with Gasteiger partial charge in [-0.2, -0.15) is 0 Å². The Morgan fingerprint density at radius 2 is 2.25 bits per heavy atom. The zero-order valence-corrected chi connectivity index (χ0v) is 8.38. The summed E-state index contributed by atoms with van der Waals surface area (Å²) >= 11 is 0. The summed E-state index contributed by atoms with van der Waals surface area (Å²) in [6, 6.07) is 1.03. The molecule has 2 unspecified atom stereocenters. The van der Waals surface area contributed by atoms with E-state index in [4.69, 9.17) is 14.3 Å². The Balaban J connectivity index is 1.99. The highest BCUT2D eigenvalue weighted by molar-refractivity contribution is 5.94. The molecular weight excluding hydrogens is 214 g/mol. The van der Waals surface area contributed by atoms with Gasteiger partial charge in [-0.25, -0.2) is 0 Å². The Labute approximate surface area is 91.2 Å². The van der Waals surface area contributed by atoms with Crippen LogP contribution in [-0.2, 0) is 9.53 Å². The number of hydrogen-bond donors (Lipinski definition) is 2. The molecule has 2 heterocycles. The molecule has 1 saturated heterocycles. The molecule has 2 N–H and O–H groups in total. The van der Waals surface area contributed by atoms with Gasteiger partial charge in [-0.1, -0.05) is 0 Å². The molecule has 1 aromatic rings. The lowest BCUT2D eigenvalue weighted by molar-refractivity contribution is -0.142. The fourth-order valence-corrected chi connectivity index (χ4v) is 1.59. The summed E-state index contributed by atoms with van der Waals surface area (Å²) in [4.78, 5) is 22.4. The van der Waals surface area contributed by atoms with E-state index in [1.54, 1.807) is 0 Å². The molecule has 86 valence electrons. The average molecular weight is 225 g/mol. The first-order chi connectivity index (χ1) is 7.68. The fraction of sp³-hybridized carbons (Fsp3) is 0.400. The van der Waals surface area contributed by atoms with E-state index in [1.165, 1.54) is 18.6 Å². The minimum atomic E-state index is -0.963. The number of amides is 1. The van der Waals surface area contributed by atoms with Crippen LogP contribution in [0.2, 0.25) is 0 Å². The minimum absolute atomic E-state index is 0.131. The Hall–Kier alpha value is -1.82. The van der Waals surface area contributed by atoms with Crippen LogP contribution in [0.4, 0.5) is 0 Å². The minimum Gasteiger partial charge on any atom is -0.481 e. The van der Waals surface area contributed by atoms with Crippen molar-refractivity contribution in [2.45, 2.75) is 6.04 Å². The van der Waals surface area contributed by atoms with Crippen LogP contribution in [0.25, 0.3) is 0 Å². The van der Waals surface area contributed by atoms with Gasteiger partial charge in [0.05, 0.1) is 31.1 Å². The smallest absolute Gasteiger partial charge is 0.311 e. The second kappa shape index (κ2) is 4.36. The van der Waals surface area contributed by atoms with Gasteiger partial charge in [0.2, 0.25) is 0 Å². The molecule has 6 nitrogen and oxygen atoms in total. The van der Waals surface area contributed by atoms with Crippen LogP contribution in [0.5, 0.6) is 0 Å². The molecule has 1 aromatic heterocycles. The highest BCUT2D eigenvalue weighted by atomic mass is 16.5. The molecule has 0 aromatic carbocycles. The molecule has 0 saturated carbocycles. The largest absolute Gasteiger partial charge is 0.481 e. The Kier molecular flexibility index (Phi) is 2.91. The van der Waals surface area contributed by atoms with Gasteiger partial charge in [0, 0.05) is 0 Å². The number of ether oxygens (including phenoxy) is 1. The topological polar surface area (TPSA) is 88.8 Å². The van der Waals surface area contributed by atoms with Crippen LogP contribution in [0, 0.1) is 5.92 Å². The molecule has 0 bridgehead atoms. The van der Waals surface area contributed by atoms with Crippen molar-refractivity contribution in [3.8, 4) is 0 Å². The lowest BCUT2D eigenvalue weighted by Crippen LogP contribution is -2.42. The first-order valence-electron chi connectivity index (χ1n) is 4.82. The number of carboxylic acids is 1. The van der Waals surface area contributed by atoms with Crippen molar-refractivity contribution in [2.75, 3.05) is 13.2 Å². The van der Waals surface area contributed by atoms with Crippen molar-refractivity contribution in [1.29, 1.82) is 0 Å². The van der Waals surface area contributed by atoms with E-state index < -0.39 is 17.9 Å². The maximum atomic E-state index is 11.6. The van der Waals surface area contributed by atoms with E-state index in [0.29, 0.717) is 5.56 Å². The zero-order chi connectivity index (χ0) is 11.5. The summed E-state index contributed by atoms with van der Waals surface area (Å²) in [7, 11) is 0. The van der Waals surface area contributed by atoms with Crippen molar-refractivity contribution >= 4 is 11.9 Å². The van der Waals surface area contributed by atoms with Crippen LogP contribution in [0.15, 0.2) is 23.0 Å².